The molecular formula is C8H17IN2. The lowest BCUT2D eigenvalue weighted by Crippen LogP contribution is -2.54. The third-order valence-corrected chi connectivity index (χ3v) is 3.57. The van der Waals surface area contributed by atoms with Crippen LogP contribution in [-0.4, -0.2) is 46.6 Å². The highest BCUT2D eigenvalue weighted by Crippen LogP contribution is 2.13. The van der Waals surface area contributed by atoms with Gasteiger partial charge in [0.25, 0.3) is 0 Å². The maximum absolute atomic E-state index is 2.51. The van der Waals surface area contributed by atoms with E-state index in [1.165, 1.54) is 17.6 Å². The van der Waals surface area contributed by atoms with Gasteiger partial charge in [0.15, 0.2) is 0 Å². The van der Waals surface area contributed by atoms with Crippen molar-refractivity contribution in [1.29, 1.82) is 0 Å². The maximum Gasteiger partial charge on any atom is 0.0506 e. The number of piperazine rings is 1. The molecule has 0 aromatic carbocycles. The number of nitrogens with zero attached hydrogens (tertiary/aromatic N) is 2. The molecule has 0 bridgehead atoms. The third-order valence-electron chi connectivity index (χ3n) is 2.60. The average Bonchev–Trinajstić information content (AvgIpc) is 1.99. The minimum absolute atomic E-state index is 0.716. The Bertz CT molecular complexity index is 117. The lowest BCUT2D eigenvalue weighted by Gasteiger charge is -2.41. The predicted molar refractivity (Wildman–Crippen MR) is 57.1 cm³/mol. The quantitative estimate of drug-likeness (QED) is 0.403. The third kappa shape index (κ3) is 2.29. The fraction of sp³-hybridized carbons (Fsp3) is 1.00. The summed E-state index contributed by atoms with van der Waals surface area (Å²) in [6, 6.07) is 1.43. The number of alkyl halides is 1. The summed E-state index contributed by atoms with van der Waals surface area (Å²) < 4.78 is 1.17. The van der Waals surface area contributed by atoms with E-state index in [9.17, 15) is 0 Å². The van der Waals surface area contributed by atoms with Crippen molar-refractivity contribution in [2.24, 2.45) is 0 Å². The van der Waals surface area contributed by atoms with E-state index in [-0.39, 0.29) is 0 Å². The van der Waals surface area contributed by atoms with E-state index in [2.05, 4.69) is 53.3 Å². The van der Waals surface area contributed by atoms with Crippen LogP contribution in [0.5, 0.6) is 0 Å². The molecule has 0 radical (unpaired) electrons. The molecule has 0 amide bonds. The van der Waals surface area contributed by atoms with Crippen LogP contribution >= 0.6 is 22.6 Å². The second-order valence-electron chi connectivity index (χ2n) is 3.52. The zero-order chi connectivity index (χ0) is 8.43. The summed E-state index contributed by atoms with van der Waals surface area (Å²) in [5, 5.41) is 0. The number of hydrogen-bond donors (Lipinski definition) is 0. The molecular weight excluding hydrogens is 251 g/mol. The first-order valence-corrected chi connectivity index (χ1v) is 5.68. The van der Waals surface area contributed by atoms with E-state index >= 15 is 0 Å². The van der Waals surface area contributed by atoms with E-state index in [1.807, 2.05) is 0 Å². The van der Waals surface area contributed by atoms with Crippen molar-refractivity contribution in [2.75, 3.05) is 24.7 Å². The summed E-state index contributed by atoms with van der Waals surface area (Å²) >= 11 is 2.44. The van der Waals surface area contributed by atoms with Gasteiger partial charge in [-0.25, -0.2) is 0 Å². The summed E-state index contributed by atoms with van der Waals surface area (Å²) in [6.07, 6.45) is 0. The lowest BCUT2D eigenvalue weighted by molar-refractivity contribution is 0.0743. The van der Waals surface area contributed by atoms with Crippen LogP contribution in [0, 0.1) is 0 Å². The Morgan fingerprint density at radius 2 is 1.73 bits per heavy atom. The van der Waals surface area contributed by atoms with Crippen LogP contribution in [0.15, 0.2) is 0 Å². The summed E-state index contributed by atoms with van der Waals surface area (Å²) in [5.41, 5.74) is 0. The van der Waals surface area contributed by atoms with E-state index in [4.69, 9.17) is 0 Å². The zero-order valence-corrected chi connectivity index (χ0v) is 9.71. The molecule has 1 rings (SSSR count). The molecule has 2 unspecified atom stereocenters. The fourth-order valence-corrected chi connectivity index (χ4v) is 2.17. The summed E-state index contributed by atoms with van der Waals surface area (Å²) in [7, 11) is 2.22. The van der Waals surface area contributed by atoms with Crippen molar-refractivity contribution in [1.82, 2.24) is 9.80 Å². The minimum atomic E-state index is 0.716. The monoisotopic (exact) mass is 268 g/mol. The van der Waals surface area contributed by atoms with Gasteiger partial charge in [0.1, 0.15) is 0 Å². The first kappa shape index (κ1) is 9.74. The molecule has 66 valence electrons. The van der Waals surface area contributed by atoms with E-state index in [0.29, 0.717) is 12.1 Å². The van der Waals surface area contributed by atoms with E-state index in [0.717, 1.165) is 0 Å². The van der Waals surface area contributed by atoms with Crippen molar-refractivity contribution in [3.63, 3.8) is 0 Å². The van der Waals surface area contributed by atoms with Crippen molar-refractivity contribution in [3.05, 3.63) is 0 Å². The van der Waals surface area contributed by atoms with E-state index < -0.39 is 0 Å². The first-order valence-electron chi connectivity index (χ1n) is 4.15. The van der Waals surface area contributed by atoms with Crippen molar-refractivity contribution in [3.8, 4) is 0 Å². The van der Waals surface area contributed by atoms with Crippen molar-refractivity contribution < 1.29 is 0 Å². The molecule has 1 aliphatic rings. The Hall–Kier alpha value is 0.650. The highest BCUT2D eigenvalue weighted by atomic mass is 127. The summed E-state index contributed by atoms with van der Waals surface area (Å²) in [5.74, 6) is 0. The van der Waals surface area contributed by atoms with Gasteiger partial charge in [0.2, 0.25) is 0 Å². The minimum Gasteiger partial charge on any atom is -0.298 e. The molecule has 0 aliphatic carbocycles. The zero-order valence-electron chi connectivity index (χ0n) is 7.55. The van der Waals surface area contributed by atoms with Gasteiger partial charge in [-0.3, -0.25) is 9.80 Å². The standard InChI is InChI=1S/C8H17IN2/c1-7-4-11(6-9)5-8(2)10(7)3/h7-8H,4-6H2,1-3H3. The Balaban J connectivity index is 2.47. The number of hydrogen-bond acceptors (Lipinski definition) is 2. The number of likely N-dealkylation sites (N-methyl/N-ethyl adjacent to an activating group) is 1. The molecule has 2 nitrogen and oxygen atoms in total. The molecule has 3 heteroatoms. The average molecular weight is 268 g/mol. The van der Waals surface area contributed by atoms with Gasteiger partial charge in [-0.05, 0) is 20.9 Å². The molecule has 1 fully saturated rings. The Kier molecular flexibility index (Phi) is 3.58. The van der Waals surface area contributed by atoms with Gasteiger partial charge in [0, 0.05) is 25.2 Å². The van der Waals surface area contributed by atoms with Gasteiger partial charge in [0.05, 0.1) is 4.55 Å². The lowest BCUT2D eigenvalue weighted by atomic mass is 10.1. The fourth-order valence-electron chi connectivity index (χ4n) is 1.61. The van der Waals surface area contributed by atoms with Crippen LogP contribution in [0.3, 0.4) is 0 Å². The Morgan fingerprint density at radius 1 is 1.27 bits per heavy atom. The second-order valence-corrected chi connectivity index (χ2v) is 4.20. The van der Waals surface area contributed by atoms with Crippen LogP contribution < -0.4 is 0 Å². The maximum atomic E-state index is 2.51. The molecule has 0 N–H and O–H groups in total. The van der Waals surface area contributed by atoms with Crippen LogP contribution in [-0.2, 0) is 0 Å². The highest BCUT2D eigenvalue weighted by Gasteiger charge is 2.25. The number of rotatable bonds is 1. The Morgan fingerprint density at radius 3 is 2.09 bits per heavy atom. The number of halogens is 1. The van der Waals surface area contributed by atoms with Crippen molar-refractivity contribution >= 4 is 22.6 Å². The van der Waals surface area contributed by atoms with Gasteiger partial charge < -0.3 is 0 Å². The second kappa shape index (κ2) is 4.05. The van der Waals surface area contributed by atoms with Crippen LogP contribution in [0.2, 0.25) is 0 Å². The first-order chi connectivity index (χ1) is 5.15. The molecule has 0 saturated carbocycles. The topological polar surface area (TPSA) is 6.48 Å². The van der Waals surface area contributed by atoms with Crippen LogP contribution in [0.4, 0.5) is 0 Å². The van der Waals surface area contributed by atoms with Gasteiger partial charge in [-0.1, -0.05) is 22.6 Å². The van der Waals surface area contributed by atoms with Gasteiger partial charge in [-0.15, -0.1) is 0 Å². The molecule has 0 spiro atoms. The van der Waals surface area contributed by atoms with Crippen LogP contribution in [0.1, 0.15) is 13.8 Å². The molecule has 1 aliphatic heterocycles. The molecule has 1 heterocycles. The summed E-state index contributed by atoms with van der Waals surface area (Å²) in [6.45, 7) is 7.05. The highest BCUT2D eigenvalue weighted by molar-refractivity contribution is 14.1. The van der Waals surface area contributed by atoms with E-state index in [1.54, 1.807) is 0 Å². The van der Waals surface area contributed by atoms with Gasteiger partial charge in [-0.2, -0.15) is 0 Å². The molecule has 11 heavy (non-hydrogen) atoms. The normalized spacial score (nSPS) is 36.0. The smallest absolute Gasteiger partial charge is 0.0506 e. The predicted octanol–water partition coefficient (Wildman–Crippen LogP) is 1.40. The molecule has 1 saturated heterocycles. The molecule has 2 atom stereocenters. The van der Waals surface area contributed by atoms with Crippen molar-refractivity contribution in [2.45, 2.75) is 25.9 Å². The Labute approximate surface area is 83.1 Å². The molecule has 0 aromatic rings. The van der Waals surface area contributed by atoms with Crippen LogP contribution in [0.25, 0.3) is 0 Å². The molecule has 0 aromatic heterocycles. The summed E-state index contributed by atoms with van der Waals surface area (Å²) in [4.78, 5) is 4.97. The van der Waals surface area contributed by atoms with Gasteiger partial charge >= 0.3 is 0 Å². The largest absolute Gasteiger partial charge is 0.298 e. The SMILES string of the molecule is CC1CN(CI)CC(C)N1C.